The van der Waals surface area contributed by atoms with Gasteiger partial charge in [-0.15, -0.1) is 14.1 Å². The first kappa shape index (κ1) is 21.6. The summed E-state index contributed by atoms with van der Waals surface area (Å²) in [6.45, 7) is 4.58. The number of fused-ring (bicyclic) bond motifs is 4. The van der Waals surface area contributed by atoms with Crippen LogP contribution in [0.1, 0.15) is 63.0 Å². The van der Waals surface area contributed by atoms with Crippen molar-refractivity contribution >= 4 is 28.6 Å². The normalized spacial score (nSPS) is 11.8. The van der Waals surface area contributed by atoms with Gasteiger partial charge >= 0.3 is 5.97 Å². The van der Waals surface area contributed by atoms with Gasteiger partial charge in [-0.05, 0) is 55.2 Å². The SMILES string of the molecule is CCCCCCCCOC(=O)CCc1cc(C)c(O)c(-n2n3c4ccc(Cl)cc4n23)c1. The van der Waals surface area contributed by atoms with Gasteiger partial charge in [-0.1, -0.05) is 56.7 Å². The molecule has 0 amide bonds. The molecular weight excluding hydrogens is 414 g/mol. The van der Waals surface area contributed by atoms with E-state index in [9.17, 15) is 9.90 Å². The molecule has 0 saturated heterocycles. The van der Waals surface area contributed by atoms with E-state index < -0.39 is 0 Å². The van der Waals surface area contributed by atoms with Gasteiger partial charge in [0.05, 0.1) is 6.61 Å². The maximum atomic E-state index is 12.1. The molecule has 2 aromatic carbocycles. The minimum atomic E-state index is -0.165. The number of aromatic hydroxyl groups is 1. The molecule has 0 spiro atoms. The molecule has 2 heterocycles. The highest BCUT2D eigenvalue weighted by Crippen LogP contribution is 2.34. The second-order valence-electron chi connectivity index (χ2n) is 8.27. The van der Waals surface area contributed by atoms with Crippen LogP contribution in [0.2, 0.25) is 5.02 Å². The topological polar surface area (TPSA) is 60.3 Å². The molecule has 0 unspecified atom stereocenters. The van der Waals surface area contributed by atoms with E-state index >= 15 is 0 Å². The van der Waals surface area contributed by atoms with Gasteiger partial charge in [-0.2, -0.15) is 0 Å². The van der Waals surface area contributed by atoms with E-state index in [1.54, 1.807) is 0 Å². The standard InChI is InChI=1S/C24H30ClN3O3/c1-3-4-5-6-7-8-13-31-23(29)12-9-18-14-17(2)24(30)22(15-18)28-26-20-11-10-19(25)16-21(20)27(26)28/h10-11,14-16,30H,3-9,12-13H2,1-2H3. The van der Waals surface area contributed by atoms with Gasteiger partial charge in [0, 0.05) is 11.4 Å². The molecule has 0 atom stereocenters. The Bertz CT molecular complexity index is 1170. The number of nitrogens with zero attached hydrogens (tertiary/aromatic N) is 3. The summed E-state index contributed by atoms with van der Waals surface area (Å²) in [5.41, 5.74) is 4.53. The highest BCUT2D eigenvalue weighted by molar-refractivity contribution is 6.31. The van der Waals surface area contributed by atoms with Crippen molar-refractivity contribution < 1.29 is 14.6 Å². The number of aryl methyl sites for hydroxylation is 2. The van der Waals surface area contributed by atoms with Gasteiger partial charge in [0.15, 0.2) is 0 Å². The summed E-state index contributed by atoms with van der Waals surface area (Å²) in [5.74, 6) is 0.0722. The van der Waals surface area contributed by atoms with Crippen LogP contribution in [0.4, 0.5) is 0 Å². The minimum absolute atomic E-state index is 0.165. The van der Waals surface area contributed by atoms with Gasteiger partial charge in [-0.3, -0.25) is 4.79 Å². The second kappa shape index (κ2) is 9.27. The van der Waals surface area contributed by atoms with Crippen molar-refractivity contribution in [1.82, 2.24) is 14.1 Å². The number of phenols is 1. The predicted octanol–water partition coefficient (Wildman–Crippen LogP) is 5.92. The molecule has 1 N–H and O–H groups in total. The molecule has 4 rings (SSSR count). The Morgan fingerprint density at radius 3 is 2.58 bits per heavy atom. The summed E-state index contributed by atoms with van der Waals surface area (Å²) in [6, 6.07) is 9.58. The number of carbonyl (C=O) groups is 1. The van der Waals surface area contributed by atoms with Crippen LogP contribution >= 0.6 is 11.6 Å². The smallest absolute Gasteiger partial charge is 0.306 e. The molecular formula is C24H30ClN3O3. The Balaban J connectivity index is 1.35. The van der Waals surface area contributed by atoms with Crippen LogP contribution in [0.15, 0.2) is 30.3 Å². The molecule has 31 heavy (non-hydrogen) atoms. The summed E-state index contributed by atoms with van der Waals surface area (Å²) in [7, 11) is 0. The number of aromatic nitrogens is 3. The zero-order chi connectivity index (χ0) is 22.0. The van der Waals surface area contributed by atoms with E-state index in [1.165, 1.54) is 25.7 Å². The number of hydrogen-bond acceptors (Lipinski definition) is 3. The van der Waals surface area contributed by atoms with Crippen molar-refractivity contribution in [3.05, 3.63) is 46.5 Å². The lowest BCUT2D eigenvalue weighted by molar-refractivity contribution is -0.143. The number of rotatable bonds is 11. The average molecular weight is 444 g/mol. The summed E-state index contributed by atoms with van der Waals surface area (Å²) in [4.78, 5) is 14.0. The lowest BCUT2D eigenvalue weighted by Gasteiger charge is -2.08. The molecule has 0 bridgehead atoms. The minimum Gasteiger partial charge on any atom is -0.505 e. The van der Waals surface area contributed by atoms with Crippen molar-refractivity contribution in [3.63, 3.8) is 0 Å². The molecule has 6 nitrogen and oxygen atoms in total. The van der Waals surface area contributed by atoms with Gasteiger partial charge < -0.3 is 9.84 Å². The highest BCUT2D eigenvalue weighted by atomic mass is 35.5. The van der Waals surface area contributed by atoms with Crippen LogP contribution in [0.5, 0.6) is 5.75 Å². The first-order chi connectivity index (χ1) is 15.0. The average Bonchev–Trinajstić information content (AvgIpc) is 3.41. The lowest BCUT2D eigenvalue weighted by atomic mass is 10.0. The lowest BCUT2D eigenvalue weighted by Crippen LogP contribution is -2.07. The van der Waals surface area contributed by atoms with E-state index in [-0.39, 0.29) is 11.7 Å². The fourth-order valence-electron chi connectivity index (χ4n) is 4.04. The summed E-state index contributed by atoms with van der Waals surface area (Å²) in [5, 5.41) is 11.3. The van der Waals surface area contributed by atoms with Crippen molar-refractivity contribution in [3.8, 4) is 11.4 Å². The van der Waals surface area contributed by atoms with Crippen LogP contribution in [0.3, 0.4) is 0 Å². The molecule has 0 radical (unpaired) electrons. The van der Waals surface area contributed by atoms with Crippen LogP contribution in [-0.4, -0.2) is 31.7 Å². The summed E-state index contributed by atoms with van der Waals surface area (Å²) >= 11 is 6.10. The van der Waals surface area contributed by atoms with Crippen LogP contribution in [0, 0.1) is 6.92 Å². The van der Waals surface area contributed by atoms with Crippen molar-refractivity contribution in [2.24, 2.45) is 0 Å². The molecule has 2 aromatic heterocycles. The quantitative estimate of drug-likeness (QED) is 0.231. The van der Waals surface area contributed by atoms with Gasteiger partial charge in [-0.25, -0.2) is 0 Å². The van der Waals surface area contributed by atoms with Crippen LogP contribution < -0.4 is 0 Å². The number of ether oxygens (including phenoxy) is 1. The first-order valence-electron chi connectivity index (χ1n) is 11.2. The summed E-state index contributed by atoms with van der Waals surface area (Å²) in [6.07, 6.45) is 7.95. The number of carbonyl (C=O) groups excluding carboxylic acids is 1. The maximum absolute atomic E-state index is 12.1. The number of phenolic OH excluding ortho intramolecular Hbond substituents is 1. The third-order valence-electron chi connectivity index (χ3n) is 5.81. The monoisotopic (exact) mass is 443 g/mol. The highest BCUT2D eigenvalue weighted by Gasteiger charge is 2.26. The molecule has 0 aliphatic carbocycles. The fourth-order valence-corrected chi connectivity index (χ4v) is 4.20. The third-order valence-corrected chi connectivity index (χ3v) is 6.05. The zero-order valence-corrected chi connectivity index (χ0v) is 19.0. The van der Waals surface area contributed by atoms with Crippen molar-refractivity contribution in [2.45, 2.75) is 65.2 Å². The fraction of sp³-hybridized carbons (Fsp3) is 0.458. The van der Waals surface area contributed by atoms with E-state index in [1.807, 2.05) is 51.3 Å². The summed E-state index contributed by atoms with van der Waals surface area (Å²) < 4.78 is 9.31. The van der Waals surface area contributed by atoms with Gasteiger partial charge in [0.25, 0.3) is 0 Å². The van der Waals surface area contributed by atoms with Crippen LogP contribution in [-0.2, 0) is 16.0 Å². The molecule has 7 heteroatoms. The molecule has 4 aromatic rings. The Hall–Kier alpha value is -2.60. The Labute approximate surface area is 187 Å². The van der Waals surface area contributed by atoms with Gasteiger partial charge in [0.2, 0.25) is 0 Å². The number of unbranched alkanes of at least 4 members (excludes halogenated alkanes) is 5. The number of hydrogen-bond donors (Lipinski definition) is 1. The number of benzene rings is 2. The van der Waals surface area contributed by atoms with E-state index in [0.717, 1.165) is 35.0 Å². The molecule has 0 aliphatic heterocycles. The molecule has 0 saturated carbocycles. The second-order valence-corrected chi connectivity index (χ2v) is 8.71. The maximum Gasteiger partial charge on any atom is 0.306 e. The van der Waals surface area contributed by atoms with Gasteiger partial charge in [0.1, 0.15) is 22.5 Å². The predicted molar refractivity (Wildman–Crippen MR) is 123 cm³/mol. The molecule has 0 aliphatic rings. The zero-order valence-electron chi connectivity index (χ0n) is 18.2. The Kier molecular flexibility index (Phi) is 6.46. The number of halogens is 1. The van der Waals surface area contributed by atoms with Crippen LogP contribution in [0.25, 0.3) is 16.7 Å². The van der Waals surface area contributed by atoms with Crippen molar-refractivity contribution in [2.75, 3.05) is 6.61 Å². The van der Waals surface area contributed by atoms with E-state index in [0.29, 0.717) is 30.2 Å². The molecule has 0 fully saturated rings. The number of esters is 1. The molecule has 166 valence electrons. The van der Waals surface area contributed by atoms with E-state index in [2.05, 4.69) is 6.92 Å². The first-order valence-corrected chi connectivity index (χ1v) is 11.6. The van der Waals surface area contributed by atoms with Crippen molar-refractivity contribution in [1.29, 1.82) is 0 Å². The third kappa shape index (κ3) is 4.54. The Morgan fingerprint density at radius 1 is 1.03 bits per heavy atom. The van der Waals surface area contributed by atoms with E-state index in [4.69, 9.17) is 16.3 Å². The largest absolute Gasteiger partial charge is 0.505 e. The Morgan fingerprint density at radius 2 is 1.77 bits per heavy atom.